The number of hydrogen-bond donors (Lipinski definition) is 2. The molecule has 0 radical (unpaired) electrons. The Labute approximate surface area is 224 Å². The summed E-state index contributed by atoms with van der Waals surface area (Å²) < 4.78 is 42.9. The largest absolute Gasteiger partial charge is 0.468 e. The van der Waals surface area contributed by atoms with E-state index in [0.717, 1.165) is 22.3 Å². The lowest BCUT2D eigenvalue weighted by atomic mass is 9.87. The van der Waals surface area contributed by atoms with Crippen molar-refractivity contribution in [2.75, 3.05) is 40.0 Å². The van der Waals surface area contributed by atoms with Crippen molar-refractivity contribution in [3.8, 4) is 16.9 Å². The Balaban J connectivity index is 1.46. The first-order valence-electron chi connectivity index (χ1n) is 13.0. The van der Waals surface area contributed by atoms with Crippen molar-refractivity contribution in [1.29, 1.82) is 0 Å². The third kappa shape index (κ3) is 5.74. The van der Waals surface area contributed by atoms with E-state index >= 15 is 0 Å². The van der Waals surface area contributed by atoms with E-state index in [9.17, 15) is 18.3 Å². The molecular weight excluding hydrogens is 510 g/mol. The monoisotopic (exact) mass is 547 g/mol. The lowest BCUT2D eigenvalue weighted by Gasteiger charge is -2.40. The molecule has 2 fully saturated rings. The summed E-state index contributed by atoms with van der Waals surface area (Å²) in [5.41, 5.74) is 4.23. The fourth-order valence-corrected chi connectivity index (χ4v) is 7.62. The van der Waals surface area contributed by atoms with Gasteiger partial charge in [0.25, 0.3) is 0 Å². The van der Waals surface area contributed by atoms with E-state index in [0.29, 0.717) is 31.7 Å². The van der Waals surface area contributed by atoms with Crippen LogP contribution >= 0.6 is 0 Å². The molecule has 0 aliphatic carbocycles. The van der Waals surface area contributed by atoms with Gasteiger partial charge in [-0.1, -0.05) is 30.3 Å². The van der Waals surface area contributed by atoms with Crippen LogP contribution in [0.2, 0.25) is 0 Å². The van der Waals surface area contributed by atoms with Crippen molar-refractivity contribution in [3.63, 3.8) is 0 Å². The van der Waals surface area contributed by atoms with Gasteiger partial charge in [0, 0.05) is 52.2 Å². The summed E-state index contributed by atoms with van der Waals surface area (Å²) in [5, 5.41) is 18.8. The van der Waals surface area contributed by atoms with Crippen LogP contribution in [0.4, 0.5) is 0 Å². The average Bonchev–Trinajstić information content (AvgIpc) is 2.93. The van der Waals surface area contributed by atoms with E-state index in [1.54, 1.807) is 6.07 Å². The number of aryl methyl sites for hydroxylation is 1. The quantitative estimate of drug-likeness (QED) is 0.363. The fraction of sp³-hybridized carbons (Fsp3) is 0.536. The summed E-state index contributed by atoms with van der Waals surface area (Å²) in [7, 11) is -2.66. The molecule has 9 nitrogen and oxygen atoms in total. The van der Waals surface area contributed by atoms with Gasteiger partial charge in [-0.3, -0.25) is 4.79 Å². The molecule has 2 N–H and O–H groups in total. The third-order valence-electron chi connectivity index (χ3n) is 7.66. The zero-order valence-electron chi connectivity index (χ0n) is 22.0. The number of methoxy groups -OCH3 is 1. The molecule has 1 atom stereocenters. The van der Waals surface area contributed by atoms with Crippen LogP contribution in [0.1, 0.15) is 49.1 Å². The topological polar surface area (TPSA) is 123 Å². The number of carbonyl (C=O) groups excluding carboxylic acids is 1. The van der Waals surface area contributed by atoms with Gasteiger partial charge in [0.2, 0.25) is 10.0 Å². The molecule has 2 aliphatic heterocycles. The number of esters is 1. The second-order valence-electron chi connectivity index (χ2n) is 9.96. The highest BCUT2D eigenvalue weighted by molar-refractivity contribution is 7.91. The van der Waals surface area contributed by atoms with Gasteiger partial charge in [-0.25, -0.2) is 12.7 Å². The predicted molar refractivity (Wildman–Crippen MR) is 142 cm³/mol. The van der Waals surface area contributed by atoms with Gasteiger partial charge in [-0.2, -0.15) is 0 Å². The van der Waals surface area contributed by atoms with Crippen LogP contribution in [0.3, 0.4) is 0 Å². The Bertz CT molecular complexity index is 1220. The van der Waals surface area contributed by atoms with Crippen LogP contribution in [0.15, 0.2) is 42.5 Å². The maximum atomic E-state index is 13.6. The fourth-order valence-electron chi connectivity index (χ4n) is 5.46. The van der Waals surface area contributed by atoms with Crippen LogP contribution < -0.4 is 4.74 Å². The molecule has 2 heterocycles. The van der Waals surface area contributed by atoms with Crippen LogP contribution in [-0.2, 0) is 24.3 Å². The third-order valence-corrected chi connectivity index (χ3v) is 10.3. The lowest BCUT2D eigenvalue weighted by Crippen LogP contribution is -2.57. The molecule has 38 heavy (non-hydrogen) atoms. The van der Waals surface area contributed by atoms with Crippen molar-refractivity contribution in [3.05, 3.63) is 53.6 Å². The normalized spacial score (nSPS) is 19.6. The Morgan fingerprint density at radius 2 is 1.87 bits per heavy atom. The number of hydrogen-bond acceptors (Lipinski definition) is 8. The first-order valence-corrected chi connectivity index (χ1v) is 14.5. The number of ether oxygens (including phenoxy) is 3. The number of piperidine rings is 1. The van der Waals surface area contributed by atoms with Gasteiger partial charge in [-0.15, -0.1) is 0 Å². The molecule has 0 amide bonds. The molecule has 10 heteroatoms. The van der Waals surface area contributed by atoms with Crippen molar-refractivity contribution in [2.45, 2.75) is 56.0 Å². The maximum absolute atomic E-state index is 13.6. The molecule has 2 aliphatic rings. The van der Waals surface area contributed by atoms with Gasteiger partial charge in [-0.05, 0) is 60.1 Å². The van der Waals surface area contributed by atoms with E-state index in [1.165, 1.54) is 11.4 Å². The highest BCUT2D eigenvalue weighted by Crippen LogP contribution is 2.38. The predicted octanol–water partition coefficient (Wildman–Crippen LogP) is 2.97. The van der Waals surface area contributed by atoms with Gasteiger partial charge in [0.15, 0.2) is 11.0 Å². The average molecular weight is 548 g/mol. The Morgan fingerprint density at radius 3 is 2.50 bits per heavy atom. The van der Waals surface area contributed by atoms with Crippen molar-refractivity contribution < 1.29 is 37.6 Å². The number of benzene rings is 2. The molecule has 0 spiro atoms. The molecule has 0 saturated carbocycles. The molecule has 208 valence electrons. The second-order valence-corrected chi connectivity index (χ2v) is 12.2. The Hall–Kier alpha value is -2.50. The minimum absolute atomic E-state index is 0.106. The number of nitrogens with zero attached hydrogens (tertiary/aromatic N) is 1. The first kappa shape index (κ1) is 28.5. The smallest absolute Gasteiger partial charge is 0.328 e. The van der Waals surface area contributed by atoms with E-state index < -0.39 is 27.0 Å². The molecule has 4 rings (SSSR count). The Morgan fingerprint density at radius 1 is 1.16 bits per heavy atom. The minimum atomic E-state index is -3.90. The minimum Gasteiger partial charge on any atom is -0.468 e. The highest BCUT2D eigenvalue weighted by atomic mass is 32.2. The molecule has 2 saturated heterocycles. The number of sulfonamides is 1. The van der Waals surface area contributed by atoms with E-state index in [4.69, 9.17) is 19.3 Å². The van der Waals surface area contributed by atoms with Crippen molar-refractivity contribution in [1.82, 2.24) is 4.31 Å². The summed E-state index contributed by atoms with van der Waals surface area (Å²) in [6.07, 6.45) is 0.610. The second kappa shape index (κ2) is 12.1. The highest BCUT2D eigenvalue weighted by Gasteiger charge is 2.55. The summed E-state index contributed by atoms with van der Waals surface area (Å²) >= 11 is 0. The number of carbonyl (C=O) groups is 1. The molecular formula is C28H37NO8S. The molecule has 0 aromatic heterocycles. The summed E-state index contributed by atoms with van der Waals surface area (Å²) in [6, 6.07) is 13.8. The zero-order valence-corrected chi connectivity index (χ0v) is 22.8. The number of aliphatic hydroxyl groups excluding tert-OH is 2. The van der Waals surface area contributed by atoms with Gasteiger partial charge in [0.05, 0.1) is 7.11 Å². The SMILES string of the molecule is COC(=O)C1(S(=O)(=O)N2CCC(c3ccc(-c4cccc(OC(O)CCO)c4)c(C)c3)CC2)CCOCC1. The van der Waals surface area contributed by atoms with Crippen LogP contribution in [-0.4, -0.2) is 80.0 Å². The van der Waals surface area contributed by atoms with Crippen molar-refractivity contribution >= 4 is 16.0 Å². The Kier molecular flexibility index (Phi) is 9.10. The maximum Gasteiger partial charge on any atom is 0.328 e. The lowest BCUT2D eigenvalue weighted by molar-refractivity contribution is -0.146. The van der Waals surface area contributed by atoms with Gasteiger partial charge >= 0.3 is 5.97 Å². The summed E-state index contributed by atoms with van der Waals surface area (Å²) in [6.45, 7) is 3.01. The van der Waals surface area contributed by atoms with E-state index in [1.807, 2.05) is 25.1 Å². The summed E-state index contributed by atoms with van der Waals surface area (Å²) in [4.78, 5) is 12.6. The molecule has 0 bridgehead atoms. The van der Waals surface area contributed by atoms with Crippen molar-refractivity contribution in [2.24, 2.45) is 0 Å². The van der Waals surface area contributed by atoms with Crippen LogP contribution in [0.25, 0.3) is 11.1 Å². The van der Waals surface area contributed by atoms with Gasteiger partial charge < -0.3 is 24.4 Å². The van der Waals surface area contributed by atoms with E-state index in [-0.39, 0.29) is 45.0 Å². The van der Waals surface area contributed by atoms with Crippen LogP contribution in [0, 0.1) is 6.92 Å². The summed E-state index contributed by atoms with van der Waals surface area (Å²) in [5.74, 6) is 0.0301. The molecule has 1 unspecified atom stereocenters. The zero-order chi connectivity index (χ0) is 27.3. The standard InChI is InChI=1S/C28H37NO8S/c1-20-18-22(6-7-25(20)23-4-3-5-24(19-23)37-26(31)10-15-30)21-8-13-29(14-9-21)38(33,34)28(27(32)35-2)11-16-36-17-12-28/h3-7,18-19,21,26,30-31H,8-17H2,1-2H3. The first-order chi connectivity index (χ1) is 18.2. The van der Waals surface area contributed by atoms with E-state index in [2.05, 4.69) is 18.2 Å². The number of rotatable bonds is 9. The van der Waals surface area contributed by atoms with Crippen LogP contribution in [0.5, 0.6) is 5.75 Å². The van der Waals surface area contributed by atoms with Gasteiger partial charge in [0.1, 0.15) is 5.75 Å². The number of aliphatic hydroxyl groups is 2. The molecule has 2 aromatic carbocycles. The molecule has 2 aromatic rings.